The lowest BCUT2D eigenvalue weighted by atomic mass is 10.2. The molecule has 2 aromatic carbocycles. The summed E-state index contributed by atoms with van der Waals surface area (Å²) in [4.78, 5) is 14.2. The largest absolute Gasteiger partial charge is 0.361 e. The minimum absolute atomic E-state index is 0.0732. The number of carbonyl (C=O) groups is 1. The number of rotatable bonds is 3. The van der Waals surface area contributed by atoms with E-state index in [4.69, 9.17) is 0 Å². The van der Waals surface area contributed by atoms with Crippen molar-refractivity contribution in [3.05, 3.63) is 54.7 Å². The summed E-state index contributed by atoms with van der Waals surface area (Å²) in [7, 11) is 0. The third-order valence-electron chi connectivity index (χ3n) is 3.02. The van der Waals surface area contributed by atoms with Gasteiger partial charge in [-0.25, -0.2) is 0 Å². The van der Waals surface area contributed by atoms with Gasteiger partial charge in [-0.1, -0.05) is 6.07 Å². The number of fused-ring (bicyclic) bond motifs is 1. The van der Waals surface area contributed by atoms with Crippen LogP contribution in [0.2, 0.25) is 0 Å². The molecule has 0 radical (unpaired) electrons. The number of hydrogen-bond donors (Lipinski definition) is 3. The SMILES string of the molecule is CC(=O)Nc1cccc(Nc2ccc3[nH]ccc3c2)c1. The normalized spacial score (nSPS) is 10.4. The van der Waals surface area contributed by atoms with Crippen LogP contribution in [-0.4, -0.2) is 10.9 Å². The van der Waals surface area contributed by atoms with Gasteiger partial charge in [0, 0.05) is 41.1 Å². The molecule has 4 nitrogen and oxygen atoms in total. The number of hydrogen-bond acceptors (Lipinski definition) is 2. The van der Waals surface area contributed by atoms with Crippen LogP contribution in [0.1, 0.15) is 6.92 Å². The van der Waals surface area contributed by atoms with Crippen LogP contribution in [0.5, 0.6) is 0 Å². The van der Waals surface area contributed by atoms with Crippen LogP contribution in [0.15, 0.2) is 54.7 Å². The summed E-state index contributed by atoms with van der Waals surface area (Å²) in [6, 6.07) is 15.8. The number of H-pyrrole nitrogens is 1. The van der Waals surface area contributed by atoms with Crippen molar-refractivity contribution in [2.24, 2.45) is 0 Å². The number of nitrogens with one attached hydrogen (secondary N) is 3. The van der Waals surface area contributed by atoms with Gasteiger partial charge in [0.2, 0.25) is 5.91 Å². The van der Waals surface area contributed by atoms with Gasteiger partial charge in [0.05, 0.1) is 0 Å². The lowest BCUT2D eigenvalue weighted by Gasteiger charge is -2.09. The van der Waals surface area contributed by atoms with Gasteiger partial charge in [0.15, 0.2) is 0 Å². The first-order valence-electron chi connectivity index (χ1n) is 6.42. The van der Waals surface area contributed by atoms with Gasteiger partial charge in [0.25, 0.3) is 0 Å². The van der Waals surface area contributed by atoms with E-state index in [0.717, 1.165) is 28.0 Å². The number of aromatic nitrogens is 1. The third-order valence-corrected chi connectivity index (χ3v) is 3.02. The number of carbonyl (C=O) groups excluding carboxylic acids is 1. The fraction of sp³-hybridized carbons (Fsp3) is 0.0625. The highest BCUT2D eigenvalue weighted by Crippen LogP contribution is 2.23. The molecule has 1 aromatic heterocycles. The second-order valence-corrected chi connectivity index (χ2v) is 4.67. The first kappa shape index (κ1) is 12.3. The van der Waals surface area contributed by atoms with Gasteiger partial charge < -0.3 is 15.6 Å². The zero-order valence-corrected chi connectivity index (χ0v) is 11.1. The van der Waals surface area contributed by atoms with E-state index in [2.05, 4.69) is 21.7 Å². The molecule has 0 unspecified atom stereocenters. The summed E-state index contributed by atoms with van der Waals surface area (Å²) in [5.74, 6) is -0.0732. The predicted molar refractivity (Wildman–Crippen MR) is 82.3 cm³/mol. The molecule has 0 saturated heterocycles. The van der Waals surface area contributed by atoms with Crippen LogP contribution >= 0.6 is 0 Å². The van der Waals surface area contributed by atoms with Gasteiger partial charge >= 0.3 is 0 Å². The van der Waals surface area contributed by atoms with Crippen molar-refractivity contribution in [3.63, 3.8) is 0 Å². The summed E-state index contributed by atoms with van der Waals surface area (Å²) >= 11 is 0. The number of aromatic amines is 1. The predicted octanol–water partition coefficient (Wildman–Crippen LogP) is 3.87. The van der Waals surface area contributed by atoms with Crippen molar-refractivity contribution in [1.82, 2.24) is 4.98 Å². The summed E-state index contributed by atoms with van der Waals surface area (Å²) < 4.78 is 0. The minimum atomic E-state index is -0.0732. The van der Waals surface area contributed by atoms with Crippen molar-refractivity contribution in [1.29, 1.82) is 0 Å². The molecule has 3 N–H and O–H groups in total. The van der Waals surface area contributed by atoms with Crippen molar-refractivity contribution >= 4 is 33.9 Å². The first-order valence-corrected chi connectivity index (χ1v) is 6.42. The molecule has 0 aliphatic rings. The Labute approximate surface area is 116 Å². The number of anilines is 3. The maximum atomic E-state index is 11.1. The molecular weight excluding hydrogens is 250 g/mol. The molecule has 0 aliphatic heterocycles. The molecule has 0 bridgehead atoms. The van der Waals surface area contributed by atoms with Gasteiger partial charge in [-0.2, -0.15) is 0 Å². The monoisotopic (exact) mass is 265 g/mol. The Kier molecular flexibility index (Phi) is 3.13. The highest BCUT2D eigenvalue weighted by atomic mass is 16.1. The van der Waals surface area contributed by atoms with Crippen molar-refractivity contribution in [3.8, 4) is 0 Å². The molecule has 20 heavy (non-hydrogen) atoms. The molecule has 1 heterocycles. The maximum absolute atomic E-state index is 11.1. The average molecular weight is 265 g/mol. The topological polar surface area (TPSA) is 56.9 Å². The van der Waals surface area contributed by atoms with E-state index in [9.17, 15) is 4.79 Å². The average Bonchev–Trinajstić information content (AvgIpc) is 2.85. The van der Waals surface area contributed by atoms with Crippen LogP contribution in [0.4, 0.5) is 17.1 Å². The number of amides is 1. The molecule has 0 fully saturated rings. The van der Waals surface area contributed by atoms with Crippen LogP contribution in [0.25, 0.3) is 10.9 Å². The van der Waals surface area contributed by atoms with Gasteiger partial charge in [-0.3, -0.25) is 4.79 Å². The van der Waals surface area contributed by atoms with E-state index in [1.807, 2.05) is 48.7 Å². The molecule has 0 spiro atoms. The van der Waals surface area contributed by atoms with E-state index in [-0.39, 0.29) is 5.91 Å². The van der Waals surface area contributed by atoms with Crippen molar-refractivity contribution in [2.75, 3.05) is 10.6 Å². The quantitative estimate of drug-likeness (QED) is 0.673. The third kappa shape index (κ3) is 2.64. The molecule has 1 amide bonds. The zero-order chi connectivity index (χ0) is 13.9. The van der Waals surface area contributed by atoms with Crippen LogP contribution in [0.3, 0.4) is 0 Å². The zero-order valence-electron chi connectivity index (χ0n) is 11.1. The summed E-state index contributed by atoms with van der Waals surface area (Å²) in [6.45, 7) is 1.50. The van der Waals surface area contributed by atoms with Gasteiger partial charge in [0.1, 0.15) is 0 Å². The lowest BCUT2D eigenvalue weighted by Crippen LogP contribution is -2.05. The molecule has 0 atom stereocenters. The Morgan fingerprint density at radius 1 is 1.00 bits per heavy atom. The Morgan fingerprint density at radius 3 is 2.65 bits per heavy atom. The second-order valence-electron chi connectivity index (χ2n) is 4.67. The Bertz CT molecular complexity index is 761. The van der Waals surface area contributed by atoms with E-state index >= 15 is 0 Å². The lowest BCUT2D eigenvalue weighted by molar-refractivity contribution is -0.114. The van der Waals surface area contributed by atoms with Crippen molar-refractivity contribution in [2.45, 2.75) is 6.92 Å². The molecular formula is C16H15N3O. The van der Waals surface area contributed by atoms with E-state index in [0.29, 0.717) is 0 Å². The molecule has 0 saturated carbocycles. The van der Waals surface area contributed by atoms with Crippen LogP contribution in [0, 0.1) is 0 Å². The van der Waals surface area contributed by atoms with Crippen molar-refractivity contribution < 1.29 is 4.79 Å². The molecule has 4 heteroatoms. The summed E-state index contributed by atoms with van der Waals surface area (Å²) in [6.07, 6.45) is 1.92. The minimum Gasteiger partial charge on any atom is -0.361 e. The Hall–Kier alpha value is -2.75. The summed E-state index contributed by atoms with van der Waals surface area (Å²) in [5, 5.41) is 7.27. The first-order chi connectivity index (χ1) is 9.70. The fourth-order valence-corrected chi connectivity index (χ4v) is 2.18. The maximum Gasteiger partial charge on any atom is 0.221 e. The van der Waals surface area contributed by atoms with E-state index < -0.39 is 0 Å². The van der Waals surface area contributed by atoms with Gasteiger partial charge in [-0.15, -0.1) is 0 Å². The van der Waals surface area contributed by atoms with E-state index in [1.165, 1.54) is 6.92 Å². The van der Waals surface area contributed by atoms with Gasteiger partial charge in [-0.05, 0) is 42.5 Å². The van der Waals surface area contributed by atoms with E-state index in [1.54, 1.807) is 0 Å². The highest BCUT2D eigenvalue weighted by Gasteiger charge is 2.00. The Balaban J connectivity index is 1.84. The molecule has 3 rings (SSSR count). The molecule has 0 aliphatic carbocycles. The molecule has 100 valence electrons. The highest BCUT2D eigenvalue weighted by molar-refractivity contribution is 5.89. The second kappa shape index (κ2) is 5.09. The molecule has 3 aromatic rings. The van der Waals surface area contributed by atoms with Crippen LogP contribution < -0.4 is 10.6 Å². The number of benzene rings is 2. The van der Waals surface area contributed by atoms with Crippen LogP contribution in [-0.2, 0) is 4.79 Å². The fourth-order valence-electron chi connectivity index (χ4n) is 2.18. The Morgan fingerprint density at radius 2 is 1.80 bits per heavy atom. The standard InChI is InChI=1S/C16H15N3O/c1-11(20)18-13-3-2-4-14(10-13)19-15-5-6-16-12(9-15)7-8-17-16/h2-10,17,19H,1H3,(H,18,20). The smallest absolute Gasteiger partial charge is 0.221 e. The summed E-state index contributed by atoms with van der Waals surface area (Å²) in [5.41, 5.74) is 3.84.